The van der Waals surface area contributed by atoms with Gasteiger partial charge in [-0.3, -0.25) is 4.90 Å². The Kier molecular flexibility index (Phi) is 8.28. The molecule has 3 aromatic carbocycles. The molecule has 2 fully saturated rings. The maximum Gasteiger partial charge on any atom is 0.335 e. The molecule has 1 N–H and O–H groups in total. The molecule has 1 saturated heterocycles. The van der Waals surface area contributed by atoms with E-state index in [1.54, 1.807) is 30.3 Å². The number of hydrogen-bond acceptors (Lipinski definition) is 5. The summed E-state index contributed by atoms with van der Waals surface area (Å²) in [6.07, 6.45) is 5.71. The second-order valence-electron chi connectivity index (χ2n) is 12.1. The van der Waals surface area contributed by atoms with Crippen LogP contribution in [0.5, 0.6) is 5.75 Å². The summed E-state index contributed by atoms with van der Waals surface area (Å²) < 4.78 is 57.4. The molecule has 3 heterocycles. The van der Waals surface area contributed by atoms with Crippen molar-refractivity contribution in [2.45, 2.75) is 51.5 Å². The number of hydrogen-bond donors (Lipinski definition) is 1. The Morgan fingerprint density at radius 3 is 2.61 bits per heavy atom. The second-order valence-corrected chi connectivity index (χ2v) is 12.1. The summed E-state index contributed by atoms with van der Waals surface area (Å²) in [5.74, 6) is 3.35. The standard InChI is InChI=1S/C36H32F3N3O4/c37-29-15-23(4-3-22-1-2-22)5-6-26(29)21-46-33-18-27(16-30(38)35(33)39)24-9-12-41(13-10-24)20-34-40-31-8-7-25(36(43)44)17-32(31)42(34)19-28-11-14-45-28/h5-9,15-18,22,28H,1-2,10-14,19-21H2,(H,43,44)/t28-/m0/s1. The molecule has 46 heavy (non-hydrogen) atoms. The highest BCUT2D eigenvalue weighted by molar-refractivity contribution is 5.92. The number of aromatic carboxylic acids is 1. The molecule has 1 saturated carbocycles. The summed E-state index contributed by atoms with van der Waals surface area (Å²) in [6.45, 7) is 2.76. The molecular weight excluding hydrogens is 595 g/mol. The number of ether oxygens (including phenoxy) is 2. The zero-order valence-electron chi connectivity index (χ0n) is 25.1. The fraction of sp³-hybridized carbons (Fsp3) is 0.333. The molecule has 1 aliphatic carbocycles. The van der Waals surface area contributed by atoms with Crippen molar-refractivity contribution in [2.24, 2.45) is 5.92 Å². The lowest BCUT2D eigenvalue weighted by Crippen LogP contribution is -2.33. The van der Waals surface area contributed by atoms with Crippen molar-refractivity contribution in [1.29, 1.82) is 0 Å². The van der Waals surface area contributed by atoms with Crippen LogP contribution in [0, 0.1) is 35.2 Å². The van der Waals surface area contributed by atoms with E-state index in [9.17, 15) is 23.1 Å². The number of rotatable bonds is 9. The summed E-state index contributed by atoms with van der Waals surface area (Å²) >= 11 is 0. The van der Waals surface area contributed by atoms with E-state index in [1.807, 2.05) is 10.6 Å². The van der Waals surface area contributed by atoms with Crippen LogP contribution >= 0.6 is 0 Å². The van der Waals surface area contributed by atoms with Crippen LogP contribution in [0.1, 0.15) is 58.6 Å². The Hall–Kier alpha value is -4.59. The van der Waals surface area contributed by atoms with Gasteiger partial charge in [0.2, 0.25) is 5.82 Å². The molecule has 1 aromatic heterocycles. The van der Waals surface area contributed by atoms with Gasteiger partial charge >= 0.3 is 5.97 Å². The van der Waals surface area contributed by atoms with Crippen molar-refractivity contribution < 1.29 is 32.5 Å². The third-order valence-corrected chi connectivity index (χ3v) is 8.71. The molecule has 1 atom stereocenters. The molecule has 236 valence electrons. The number of benzene rings is 3. The van der Waals surface area contributed by atoms with Gasteiger partial charge in [-0.15, -0.1) is 0 Å². The zero-order chi connectivity index (χ0) is 31.8. The van der Waals surface area contributed by atoms with Crippen LogP contribution in [0.2, 0.25) is 0 Å². The van der Waals surface area contributed by atoms with Gasteiger partial charge in [-0.05, 0) is 79.3 Å². The van der Waals surface area contributed by atoms with E-state index < -0.39 is 23.4 Å². The minimum atomic E-state index is -1.12. The van der Waals surface area contributed by atoms with Crippen molar-refractivity contribution in [1.82, 2.24) is 14.5 Å². The number of carboxylic acids is 1. The number of fused-ring (bicyclic) bond motifs is 1. The highest BCUT2D eigenvalue weighted by Gasteiger charge is 2.25. The van der Waals surface area contributed by atoms with Crippen molar-refractivity contribution in [2.75, 3.05) is 19.7 Å². The summed E-state index contributed by atoms with van der Waals surface area (Å²) in [4.78, 5) is 18.6. The summed E-state index contributed by atoms with van der Waals surface area (Å²) in [6, 6.07) is 12.2. The lowest BCUT2D eigenvalue weighted by Gasteiger charge is -2.29. The highest BCUT2D eigenvalue weighted by Crippen LogP contribution is 2.31. The maximum atomic E-state index is 14.7. The molecule has 10 heteroatoms. The fourth-order valence-corrected chi connectivity index (χ4v) is 5.74. The Labute approximate surface area is 264 Å². The molecular formula is C36H32F3N3O4. The molecule has 7 nitrogen and oxygen atoms in total. The first-order valence-electron chi connectivity index (χ1n) is 15.5. The SMILES string of the molecule is O=C(O)c1ccc2nc(CN3CC=C(c4cc(F)c(F)c(OCc5ccc(C#CC6CC6)cc5F)c4)CC3)n(C[C@@H]3CCO3)c2c1. The normalized spacial score (nSPS) is 18.1. The fourth-order valence-electron chi connectivity index (χ4n) is 5.74. The van der Waals surface area contributed by atoms with Crippen LogP contribution in [-0.4, -0.2) is 51.3 Å². The van der Waals surface area contributed by atoms with Gasteiger partial charge in [0, 0.05) is 36.7 Å². The average Bonchev–Trinajstić information content (AvgIpc) is 3.80. The van der Waals surface area contributed by atoms with Gasteiger partial charge in [0.1, 0.15) is 18.2 Å². The predicted molar refractivity (Wildman–Crippen MR) is 166 cm³/mol. The second kappa shape index (κ2) is 12.7. The topological polar surface area (TPSA) is 76.8 Å². The number of carboxylic acid groups (broad SMARTS) is 1. The number of halogens is 3. The first kappa shape index (κ1) is 30.1. The van der Waals surface area contributed by atoms with E-state index in [0.717, 1.165) is 47.8 Å². The molecule has 0 amide bonds. The molecule has 0 spiro atoms. The molecule has 0 radical (unpaired) electrons. The minimum Gasteiger partial charge on any atom is -0.486 e. The Bertz CT molecular complexity index is 1920. The van der Waals surface area contributed by atoms with Gasteiger partial charge < -0.3 is 19.1 Å². The van der Waals surface area contributed by atoms with Gasteiger partial charge in [0.25, 0.3) is 0 Å². The Morgan fingerprint density at radius 1 is 1.07 bits per heavy atom. The number of nitrogens with zero attached hydrogens (tertiary/aromatic N) is 3. The van der Waals surface area contributed by atoms with E-state index in [-0.39, 0.29) is 29.6 Å². The van der Waals surface area contributed by atoms with Crippen LogP contribution < -0.4 is 4.74 Å². The molecule has 2 aliphatic heterocycles. The monoisotopic (exact) mass is 627 g/mol. The summed E-state index contributed by atoms with van der Waals surface area (Å²) in [7, 11) is 0. The van der Waals surface area contributed by atoms with E-state index in [0.29, 0.717) is 56.3 Å². The molecule has 4 aromatic rings. The van der Waals surface area contributed by atoms with E-state index >= 15 is 0 Å². The number of imidazole rings is 1. The predicted octanol–water partition coefficient (Wildman–Crippen LogP) is 6.57. The van der Waals surface area contributed by atoms with Crippen LogP contribution in [0.15, 0.2) is 54.6 Å². The van der Waals surface area contributed by atoms with Crippen molar-refractivity contribution in [3.63, 3.8) is 0 Å². The quantitative estimate of drug-likeness (QED) is 0.212. The van der Waals surface area contributed by atoms with Crippen LogP contribution in [0.3, 0.4) is 0 Å². The third-order valence-electron chi connectivity index (χ3n) is 8.71. The largest absolute Gasteiger partial charge is 0.486 e. The van der Waals surface area contributed by atoms with Crippen molar-refractivity contribution >= 4 is 22.6 Å². The highest BCUT2D eigenvalue weighted by atomic mass is 19.2. The smallest absolute Gasteiger partial charge is 0.335 e. The van der Waals surface area contributed by atoms with Crippen molar-refractivity contribution in [3.05, 3.63) is 100 Å². The maximum absolute atomic E-state index is 14.7. The third kappa shape index (κ3) is 6.52. The molecule has 0 bridgehead atoms. The molecule has 3 aliphatic rings. The lowest BCUT2D eigenvalue weighted by molar-refractivity contribution is -0.0591. The molecule has 7 rings (SSSR count). The number of aromatic nitrogens is 2. The van der Waals surface area contributed by atoms with Gasteiger partial charge in [-0.2, -0.15) is 4.39 Å². The average molecular weight is 628 g/mol. The summed E-state index contributed by atoms with van der Waals surface area (Å²) in [5, 5.41) is 9.50. The van der Waals surface area contributed by atoms with Crippen LogP contribution in [-0.2, 0) is 24.4 Å². The van der Waals surface area contributed by atoms with Gasteiger partial charge in [0.15, 0.2) is 11.6 Å². The van der Waals surface area contributed by atoms with Crippen LogP contribution in [0.4, 0.5) is 13.2 Å². The minimum absolute atomic E-state index is 0.0596. The van der Waals surface area contributed by atoms with Gasteiger partial charge in [-0.1, -0.05) is 24.0 Å². The molecule has 0 unspecified atom stereocenters. The Morgan fingerprint density at radius 2 is 1.91 bits per heavy atom. The lowest BCUT2D eigenvalue weighted by atomic mass is 9.99. The van der Waals surface area contributed by atoms with E-state index in [4.69, 9.17) is 14.5 Å². The summed E-state index contributed by atoms with van der Waals surface area (Å²) in [5.41, 5.74) is 3.84. The van der Waals surface area contributed by atoms with Crippen molar-refractivity contribution in [3.8, 4) is 17.6 Å². The van der Waals surface area contributed by atoms with E-state index in [1.165, 1.54) is 12.1 Å². The number of carbonyl (C=O) groups is 1. The first-order chi connectivity index (χ1) is 22.3. The van der Waals surface area contributed by atoms with Gasteiger partial charge in [-0.25, -0.2) is 18.6 Å². The zero-order valence-corrected chi connectivity index (χ0v) is 25.1. The first-order valence-corrected chi connectivity index (χ1v) is 15.5. The van der Waals surface area contributed by atoms with E-state index in [2.05, 4.69) is 16.7 Å². The van der Waals surface area contributed by atoms with Gasteiger partial charge in [0.05, 0.1) is 35.8 Å². The Balaban J connectivity index is 1.05. The van der Waals surface area contributed by atoms with Crippen LogP contribution in [0.25, 0.3) is 16.6 Å².